The maximum Gasteiger partial charge on any atom is 0.187 e. The SMILES string of the molecule is CCn1nc(C)c(Cl)c1CC(=O)c1ccc(N)cn1. The van der Waals surface area contributed by atoms with Crippen LogP contribution < -0.4 is 5.73 Å². The van der Waals surface area contributed by atoms with Gasteiger partial charge >= 0.3 is 0 Å². The molecule has 0 aliphatic heterocycles. The van der Waals surface area contributed by atoms with Gasteiger partial charge in [-0.1, -0.05) is 11.6 Å². The van der Waals surface area contributed by atoms with Crippen molar-refractivity contribution >= 4 is 23.1 Å². The smallest absolute Gasteiger partial charge is 0.187 e. The number of carbonyl (C=O) groups is 1. The molecule has 5 nitrogen and oxygen atoms in total. The second-order valence-corrected chi connectivity index (χ2v) is 4.62. The highest BCUT2D eigenvalue weighted by atomic mass is 35.5. The zero-order chi connectivity index (χ0) is 14.0. The van der Waals surface area contributed by atoms with Crippen molar-refractivity contribution in [2.75, 3.05) is 5.73 Å². The van der Waals surface area contributed by atoms with E-state index in [0.29, 0.717) is 22.9 Å². The van der Waals surface area contributed by atoms with Crippen LogP contribution in [0.2, 0.25) is 5.02 Å². The van der Waals surface area contributed by atoms with Gasteiger partial charge in [0.1, 0.15) is 5.69 Å². The summed E-state index contributed by atoms with van der Waals surface area (Å²) in [5.74, 6) is -0.100. The Balaban J connectivity index is 2.26. The predicted molar refractivity (Wildman–Crippen MR) is 74.3 cm³/mol. The molecule has 0 aliphatic carbocycles. The first-order valence-electron chi connectivity index (χ1n) is 5.99. The lowest BCUT2D eigenvalue weighted by molar-refractivity contribution is 0.0986. The molecule has 0 aromatic carbocycles. The fourth-order valence-corrected chi connectivity index (χ4v) is 2.05. The molecule has 0 unspecified atom stereocenters. The molecule has 2 N–H and O–H groups in total. The molecule has 2 aromatic heterocycles. The van der Waals surface area contributed by atoms with Gasteiger partial charge in [-0.15, -0.1) is 0 Å². The van der Waals surface area contributed by atoms with Gasteiger partial charge in [0.25, 0.3) is 0 Å². The summed E-state index contributed by atoms with van der Waals surface area (Å²) < 4.78 is 1.74. The van der Waals surface area contributed by atoms with Crippen molar-refractivity contribution in [3.63, 3.8) is 0 Å². The molecule has 6 heteroatoms. The number of ketones is 1. The summed E-state index contributed by atoms with van der Waals surface area (Å²) in [5, 5.41) is 4.83. The first-order valence-corrected chi connectivity index (χ1v) is 6.37. The van der Waals surface area contributed by atoms with Crippen molar-refractivity contribution in [1.82, 2.24) is 14.8 Å². The number of aromatic nitrogens is 3. The van der Waals surface area contributed by atoms with E-state index in [9.17, 15) is 4.79 Å². The fourth-order valence-electron chi connectivity index (χ4n) is 1.85. The zero-order valence-corrected chi connectivity index (χ0v) is 11.6. The number of nitrogen functional groups attached to an aromatic ring is 1. The molecule has 0 amide bonds. The van der Waals surface area contributed by atoms with Crippen molar-refractivity contribution in [1.29, 1.82) is 0 Å². The summed E-state index contributed by atoms with van der Waals surface area (Å²) in [6, 6.07) is 3.27. The highest BCUT2D eigenvalue weighted by Gasteiger charge is 2.17. The Morgan fingerprint density at radius 3 is 2.79 bits per heavy atom. The van der Waals surface area contributed by atoms with Gasteiger partial charge in [-0.2, -0.15) is 5.10 Å². The van der Waals surface area contributed by atoms with Gasteiger partial charge in [0.2, 0.25) is 0 Å². The number of pyridine rings is 1. The first kappa shape index (κ1) is 13.5. The van der Waals surface area contributed by atoms with Crippen molar-refractivity contribution in [2.24, 2.45) is 0 Å². The van der Waals surface area contributed by atoms with E-state index in [1.165, 1.54) is 6.20 Å². The first-order chi connectivity index (χ1) is 9.02. The van der Waals surface area contributed by atoms with E-state index in [4.69, 9.17) is 17.3 Å². The van der Waals surface area contributed by atoms with Gasteiger partial charge < -0.3 is 5.73 Å². The molecule has 0 radical (unpaired) electrons. The van der Waals surface area contributed by atoms with E-state index in [1.807, 2.05) is 13.8 Å². The number of Topliss-reactive ketones (excluding diaryl/α,β-unsaturated/α-hetero) is 1. The molecule has 100 valence electrons. The van der Waals surface area contributed by atoms with E-state index < -0.39 is 0 Å². The fraction of sp³-hybridized carbons (Fsp3) is 0.308. The normalized spacial score (nSPS) is 10.7. The summed E-state index contributed by atoms with van der Waals surface area (Å²) in [4.78, 5) is 16.2. The Kier molecular flexibility index (Phi) is 3.85. The molecule has 0 aliphatic rings. The number of anilines is 1. The monoisotopic (exact) mass is 278 g/mol. The molecule has 2 heterocycles. The second kappa shape index (κ2) is 5.40. The molecule has 0 spiro atoms. The van der Waals surface area contributed by atoms with E-state index in [0.717, 1.165) is 11.4 Å². The number of nitrogens with two attached hydrogens (primary N) is 1. The Morgan fingerprint density at radius 1 is 1.47 bits per heavy atom. The summed E-state index contributed by atoms with van der Waals surface area (Å²) in [6.45, 7) is 4.45. The third-order valence-electron chi connectivity index (χ3n) is 2.85. The number of hydrogen-bond acceptors (Lipinski definition) is 4. The number of rotatable bonds is 4. The minimum atomic E-state index is -0.100. The molecule has 0 atom stereocenters. The molecule has 2 rings (SSSR count). The average molecular weight is 279 g/mol. The highest BCUT2D eigenvalue weighted by molar-refractivity contribution is 6.32. The van der Waals surface area contributed by atoms with Gasteiger partial charge in [-0.05, 0) is 26.0 Å². The maximum atomic E-state index is 12.2. The highest BCUT2D eigenvalue weighted by Crippen LogP contribution is 2.21. The van der Waals surface area contributed by atoms with E-state index >= 15 is 0 Å². The van der Waals surface area contributed by atoms with Crippen LogP contribution in [0.5, 0.6) is 0 Å². The third kappa shape index (κ3) is 2.76. The lowest BCUT2D eigenvalue weighted by Crippen LogP contribution is -2.11. The van der Waals surface area contributed by atoms with Crippen molar-refractivity contribution < 1.29 is 4.79 Å². The van der Waals surface area contributed by atoms with Crippen LogP contribution >= 0.6 is 11.6 Å². The third-order valence-corrected chi connectivity index (χ3v) is 3.34. The number of halogens is 1. The van der Waals surface area contributed by atoms with Crippen molar-refractivity contribution in [3.8, 4) is 0 Å². The van der Waals surface area contributed by atoms with Crippen molar-refractivity contribution in [3.05, 3.63) is 40.4 Å². The molecule has 2 aromatic rings. The van der Waals surface area contributed by atoms with Crippen molar-refractivity contribution in [2.45, 2.75) is 26.8 Å². The molecule has 0 bridgehead atoms. The van der Waals surface area contributed by atoms with Crippen LogP contribution in [0, 0.1) is 6.92 Å². The second-order valence-electron chi connectivity index (χ2n) is 4.24. The number of aryl methyl sites for hydroxylation is 2. The molecular weight excluding hydrogens is 264 g/mol. The van der Waals surface area contributed by atoms with Gasteiger partial charge in [0.05, 0.1) is 34.7 Å². The molecule has 0 saturated carbocycles. The number of hydrogen-bond donors (Lipinski definition) is 1. The van der Waals surface area contributed by atoms with Gasteiger partial charge in [0.15, 0.2) is 5.78 Å². The van der Waals surface area contributed by atoms with Crippen LogP contribution in [0.25, 0.3) is 0 Å². The van der Waals surface area contributed by atoms with Gasteiger partial charge in [-0.25, -0.2) is 0 Å². The minimum absolute atomic E-state index is 0.100. The van der Waals surface area contributed by atoms with Crippen LogP contribution in [0.15, 0.2) is 18.3 Å². The number of carbonyl (C=O) groups excluding carboxylic acids is 1. The van der Waals surface area contributed by atoms with E-state index in [2.05, 4.69) is 10.1 Å². The van der Waals surface area contributed by atoms with E-state index in [-0.39, 0.29) is 12.2 Å². The summed E-state index contributed by atoms with van der Waals surface area (Å²) in [7, 11) is 0. The molecule has 19 heavy (non-hydrogen) atoms. The van der Waals surface area contributed by atoms with Gasteiger partial charge in [-0.3, -0.25) is 14.5 Å². The van der Waals surface area contributed by atoms with Crippen LogP contribution in [-0.4, -0.2) is 20.5 Å². The zero-order valence-electron chi connectivity index (χ0n) is 10.9. The van der Waals surface area contributed by atoms with Gasteiger partial charge in [0, 0.05) is 6.54 Å². The standard InChI is InChI=1S/C13H15ClN4O/c1-3-18-11(13(14)8(2)17-18)6-12(19)10-5-4-9(15)7-16-10/h4-5,7H,3,6,15H2,1-2H3. The lowest BCUT2D eigenvalue weighted by Gasteiger charge is -2.04. The van der Waals surface area contributed by atoms with E-state index in [1.54, 1.807) is 16.8 Å². The topological polar surface area (TPSA) is 73.8 Å². The summed E-state index contributed by atoms with van der Waals surface area (Å²) in [6.07, 6.45) is 1.65. The molecule has 0 fully saturated rings. The summed E-state index contributed by atoms with van der Waals surface area (Å²) in [5.41, 5.74) is 7.92. The quantitative estimate of drug-likeness (QED) is 0.871. The predicted octanol–water partition coefficient (Wildman–Crippen LogP) is 2.27. The minimum Gasteiger partial charge on any atom is -0.397 e. The Morgan fingerprint density at radius 2 is 2.21 bits per heavy atom. The number of nitrogens with zero attached hydrogens (tertiary/aromatic N) is 3. The van der Waals surface area contributed by atoms with Crippen LogP contribution in [0.1, 0.15) is 28.8 Å². The Bertz CT molecular complexity index is 604. The Hall–Kier alpha value is -1.88. The largest absolute Gasteiger partial charge is 0.397 e. The average Bonchev–Trinajstić information content (AvgIpc) is 2.67. The molecule has 0 saturated heterocycles. The Labute approximate surface area is 116 Å². The van der Waals surface area contributed by atoms with Crippen LogP contribution in [0.4, 0.5) is 5.69 Å². The lowest BCUT2D eigenvalue weighted by atomic mass is 10.1. The van der Waals surface area contributed by atoms with Crippen LogP contribution in [-0.2, 0) is 13.0 Å². The molecular formula is C13H15ClN4O. The van der Waals surface area contributed by atoms with Crippen LogP contribution in [0.3, 0.4) is 0 Å². The summed E-state index contributed by atoms with van der Waals surface area (Å²) >= 11 is 6.17. The maximum absolute atomic E-state index is 12.2.